The Morgan fingerprint density at radius 3 is 2.64 bits per heavy atom. The lowest BCUT2D eigenvalue weighted by molar-refractivity contribution is -0.117. The van der Waals surface area contributed by atoms with Crippen LogP contribution in [-0.4, -0.2) is 29.8 Å². The van der Waals surface area contributed by atoms with E-state index in [9.17, 15) is 9.59 Å². The average Bonchev–Trinajstić information content (AvgIpc) is 3.29. The summed E-state index contributed by atoms with van der Waals surface area (Å²) >= 11 is 1.79. The average molecular weight is 354 g/mol. The van der Waals surface area contributed by atoms with Crippen LogP contribution in [0.5, 0.6) is 0 Å². The van der Waals surface area contributed by atoms with Crippen LogP contribution in [0.2, 0.25) is 0 Å². The molecule has 0 bridgehead atoms. The lowest BCUT2D eigenvalue weighted by Crippen LogP contribution is -2.39. The predicted molar refractivity (Wildman–Crippen MR) is 100 cm³/mol. The second kappa shape index (κ2) is 6.64. The van der Waals surface area contributed by atoms with E-state index in [2.05, 4.69) is 18.4 Å². The first-order valence-corrected chi connectivity index (χ1v) is 9.84. The molecule has 1 aromatic heterocycles. The lowest BCUT2D eigenvalue weighted by atomic mass is 9.97. The van der Waals surface area contributed by atoms with Crippen molar-refractivity contribution in [3.8, 4) is 0 Å². The van der Waals surface area contributed by atoms with Crippen molar-refractivity contribution in [3.63, 3.8) is 0 Å². The maximum absolute atomic E-state index is 13.0. The number of benzene rings is 1. The largest absolute Gasteiger partial charge is 0.331 e. The van der Waals surface area contributed by atoms with Crippen LogP contribution >= 0.6 is 11.3 Å². The fourth-order valence-corrected chi connectivity index (χ4v) is 4.88. The third-order valence-corrected chi connectivity index (χ3v) is 6.24. The third kappa shape index (κ3) is 2.86. The molecule has 4 rings (SSSR count). The van der Waals surface area contributed by atoms with Gasteiger partial charge in [0.25, 0.3) is 5.91 Å². The normalized spacial score (nSPS) is 20.0. The monoisotopic (exact) mass is 354 g/mol. The number of carbonyl (C=O) groups excluding carboxylic acids is 2. The summed E-state index contributed by atoms with van der Waals surface area (Å²) < 4.78 is 0. The molecule has 2 aliphatic rings. The van der Waals surface area contributed by atoms with Gasteiger partial charge in [-0.25, -0.2) is 0 Å². The van der Waals surface area contributed by atoms with E-state index in [1.807, 2.05) is 34.1 Å². The van der Waals surface area contributed by atoms with Crippen LogP contribution in [0, 0.1) is 0 Å². The van der Waals surface area contributed by atoms with Gasteiger partial charge in [-0.05, 0) is 60.5 Å². The van der Waals surface area contributed by atoms with E-state index in [1.165, 1.54) is 10.4 Å². The van der Waals surface area contributed by atoms with Crippen molar-refractivity contribution >= 4 is 28.8 Å². The summed E-state index contributed by atoms with van der Waals surface area (Å²) in [6.07, 6.45) is 3.40. The Balaban J connectivity index is 1.55. The van der Waals surface area contributed by atoms with Gasteiger partial charge in [0.2, 0.25) is 5.91 Å². The summed E-state index contributed by atoms with van der Waals surface area (Å²) in [5, 5.41) is 2.13. The van der Waals surface area contributed by atoms with Crippen LogP contribution in [0.25, 0.3) is 0 Å². The Bertz CT molecular complexity index is 796. The van der Waals surface area contributed by atoms with Gasteiger partial charge in [0.15, 0.2) is 0 Å². The van der Waals surface area contributed by atoms with Crippen molar-refractivity contribution in [2.24, 2.45) is 0 Å². The minimum atomic E-state index is 0.0861. The van der Waals surface area contributed by atoms with Gasteiger partial charge < -0.3 is 9.80 Å². The molecule has 2 aromatic rings. The van der Waals surface area contributed by atoms with Crippen molar-refractivity contribution in [1.29, 1.82) is 0 Å². The minimum Gasteiger partial charge on any atom is -0.331 e. The van der Waals surface area contributed by atoms with Gasteiger partial charge in [0.1, 0.15) is 0 Å². The summed E-state index contributed by atoms with van der Waals surface area (Å²) in [4.78, 5) is 30.1. The minimum absolute atomic E-state index is 0.0861. The van der Waals surface area contributed by atoms with Crippen LogP contribution in [0.3, 0.4) is 0 Å². The van der Waals surface area contributed by atoms with E-state index in [-0.39, 0.29) is 17.9 Å². The zero-order chi connectivity index (χ0) is 17.4. The van der Waals surface area contributed by atoms with Crippen molar-refractivity contribution in [2.75, 3.05) is 18.0 Å². The van der Waals surface area contributed by atoms with E-state index in [0.29, 0.717) is 12.0 Å². The quantitative estimate of drug-likeness (QED) is 0.835. The van der Waals surface area contributed by atoms with Crippen molar-refractivity contribution in [3.05, 3.63) is 51.7 Å². The van der Waals surface area contributed by atoms with Gasteiger partial charge in [-0.2, -0.15) is 0 Å². The fourth-order valence-electron chi connectivity index (χ4n) is 3.95. The summed E-state index contributed by atoms with van der Waals surface area (Å²) in [6, 6.07) is 9.85. The summed E-state index contributed by atoms with van der Waals surface area (Å²) in [5.41, 5.74) is 2.91. The first-order chi connectivity index (χ1) is 12.2. The van der Waals surface area contributed by atoms with Gasteiger partial charge in [0, 0.05) is 35.6 Å². The summed E-state index contributed by atoms with van der Waals surface area (Å²) in [5.74, 6) is 0.258. The molecule has 0 radical (unpaired) electrons. The van der Waals surface area contributed by atoms with E-state index >= 15 is 0 Å². The highest BCUT2D eigenvalue weighted by atomic mass is 32.1. The Morgan fingerprint density at radius 1 is 1.16 bits per heavy atom. The molecule has 3 heterocycles. The van der Waals surface area contributed by atoms with Gasteiger partial charge in [0.05, 0.1) is 6.04 Å². The number of amides is 2. The standard InChI is InChI=1S/C20H22N2O2S/c1-2-17-16-10-13-25-18(16)9-12-22(17)20(24)14-5-7-15(8-6-14)21-11-3-4-19(21)23/h5-8,10,13,17H,2-4,9,11-12H2,1H3. The predicted octanol–water partition coefficient (Wildman–Crippen LogP) is 4.02. The number of nitrogens with zero attached hydrogens (tertiary/aromatic N) is 2. The third-order valence-electron chi connectivity index (χ3n) is 5.24. The number of fused-ring (bicyclic) bond motifs is 1. The smallest absolute Gasteiger partial charge is 0.254 e. The van der Waals surface area contributed by atoms with Crippen LogP contribution in [0.15, 0.2) is 35.7 Å². The maximum Gasteiger partial charge on any atom is 0.254 e. The molecule has 130 valence electrons. The lowest BCUT2D eigenvalue weighted by Gasteiger charge is -2.35. The molecular formula is C20H22N2O2S. The SMILES string of the molecule is CCC1c2ccsc2CCN1C(=O)c1ccc(N2CCCC2=O)cc1. The molecule has 1 atom stereocenters. The number of rotatable bonds is 3. The molecule has 5 heteroatoms. The molecule has 1 unspecified atom stereocenters. The van der Waals surface area contributed by atoms with Crippen LogP contribution in [0.4, 0.5) is 5.69 Å². The Labute approximate surface area is 152 Å². The Hall–Kier alpha value is -2.14. The van der Waals surface area contributed by atoms with E-state index in [4.69, 9.17) is 0 Å². The molecule has 0 saturated carbocycles. The highest BCUT2D eigenvalue weighted by Crippen LogP contribution is 2.36. The maximum atomic E-state index is 13.0. The topological polar surface area (TPSA) is 40.6 Å². The summed E-state index contributed by atoms with van der Waals surface area (Å²) in [7, 11) is 0. The molecule has 4 nitrogen and oxygen atoms in total. The molecule has 1 saturated heterocycles. The number of thiophene rings is 1. The van der Waals surface area contributed by atoms with Crippen molar-refractivity contribution in [2.45, 2.75) is 38.6 Å². The van der Waals surface area contributed by atoms with Crippen LogP contribution < -0.4 is 4.90 Å². The summed E-state index contributed by atoms with van der Waals surface area (Å²) in [6.45, 7) is 3.69. The Kier molecular flexibility index (Phi) is 4.34. The molecule has 1 aromatic carbocycles. The van der Waals surface area contributed by atoms with Gasteiger partial charge in [-0.1, -0.05) is 6.92 Å². The molecule has 0 spiro atoms. The number of hydrogen-bond acceptors (Lipinski definition) is 3. The molecule has 0 aliphatic carbocycles. The number of anilines is 1. The van der Waals surface area contributed by atoms with Crippen molar-refractivity contribution in [1.82, 2.24) is 4.90 Å². The highest BCUT2D eigenvalue weighted by Gasteiger charge is 2.31. The zero-order valence-electron chi connectivity index (χ0n) is 14.4. The fraction of sp³-hybridized carbons (Fsp3) is 0.400. The molecule has 2 aliphatic heterocycles. The number of carbonyl (C=O) groups is 2. The molecule has 1 fully saturated rings. The van der Waals surface area contributed by atoms with Crippen LogP contribution in [-0.2, 0) is 11.2 Å². The molecular weight excluding hydrogens is 332 g/mol. The number of hydrogen-bond donors (Lipinski definition) is 0. The first-order valence-electron chi connectivity index (χ1n) is 8.96. The second-order valence-corrected chi connectivity index (χ2v) is 7.67. The highest BCUT2D eigenvalue weighted by molar-refractivity contribution is 7.10. The van der Waals surface area contributed by atoms with E-state index in [0.717, 1.165) is 38.0 Å². The Morgan fingerprint density at radius 2 is 1.96 bits per heavy atom. The van der Waals surface area contributed by atoms with E-state index < -0.39 is 0 Å². The molecule has 2 amide bonds. The van der Waals surface area contributed by atoms with E-state index in [1.54, 1.807) is 11.3 Å². The van der Waals surface area contributed by atoms with Gasteiger partial charge in [-0.3, -0.25) is 9.59 Å². The first kappa shape index (κ1) is 16.3. The van der Waals surface area contributed by atoms with Gasteiger partial charge in [-0.15, -0.1) is 11.3 Å². The second-order valence-electron chi connectivity index (χ2n) is 6.67. The van der Waals surface area contributed by atoms with Crippen molar-refractivity contribution < 1.29 is 9.59 Å². The van der Waals surface area contributed by atoms with Gasteiger partial charge >= 0.3 is 0 Å². The zero-order valence-corrected chi connectivity index (χ0v) is 15.2. The molecule has 0 N–H and O–H groups in total. The molecule has 25 heavy (non-hydrogen) atoms. The van der Waals surface area contributed by atoms with Crippen LogP contribution in [0.1, 0.15) is 53.0 Å².